The quantitative estimate of drug-likeness (QED) is 0.537. The predicted octanol–water partition coefficient (Wildman–Crippen LogP) is -1.52. The minimum atomic E-state index is -1.60. The summed E-state index contributed by atoms with van der Waals surface area (Å²) in [7, 11) is 2.79. The van der Waals surface area contributed by atoms with Crippen molar-refractivity contribution in [1.29, 1.82) is 0 Å². The van der Waals surface area contributed by atoms with Crippen LogP contribution in [0.15, 0.2) is 0 Å². The Morgan fingerprint density at radius 1 is 1.33 bits per heavy atom. The van der Waals surface area contributed by atoms with Crippen molar-refractivity contribution >= 4 is 0 Å². The van der Waals surface area contributed by atoms with Crippen LogP contribution in [0.5, 0.6) is 0 Å². The Kier molecular flexibility index (Phi) is 4.05. The Balaban J connectivity index is 2.89. The molecule has 0 amide bonds. The monoisotopic (exact) mass is 222 g/mol. The summed E-state index contributed by atoms with van der Waals surface area (Å²) < 4.78 is 15.2. The van der Waals surface area contributed by atoms with Crippen molar-refractivity contribution < 1.29 is 29.5 Å². The zero-order chi connectivity index (χ0) is 11.6. The van der Waals surface area contributed by atoms with Crippen LogP contribution in [-0.2, 0) is 14.2 Å². The first-order valence-electron chi connectivity index (χ1n) is 4.72. The Bertz CT molecular complexity index is 207. The lowest BCUT2D eigenvalue weighted by Crippen LogP contribution is -2.65. The van der Waals surface area contributed by atoms with Crippen LogP contribution in [0.1, 0.15) is 6.92 Å². The van der Waals surface area contributed by atoms with Crippen LogP contribution in [0, 0.1) is 0 Å². The largest absolute Gasteiger partial charge is 0.394 e. The Morgan fingerprint density at radius 3 is 2.33 bits per heavy atom. The van der Waals surface area contributed by atoms with Gasteiger partial charge in [-0.05, 0) is 6.92 Å². The highest BCUT2D eigenvalue weighted by molar-refractivity contribution is 4.95. The molecule has 0 spiro atoms. The Hall–Kier alpha value is -0.240. The highest BCUT2D eigenvalue weighted by atomic mass is 16.7. The van der Waals surface area contributed by atoms with E-state index < -0.39 is 36.8 Å². The van der Waals surface area contributed by atoms with Crippen molar-refractivity contribution in [3.05, 3.63) is 0 Å². The number of rotatable bonds is 3. The van der Waals surface area contributed by atoms with Crippen LogP contribution in [0.4, 0.5) is 0 Å². The van der Waals surface area contributed by atoms with Gasteiger partial charge in [0.15, 0.2) is 5.79 Å². The Morgan fingerprint density at radius 2 is 1.93 bits per heavy atom. The molecule has 0 radical (unpaired) electrons. The van der Waals surface area contributed by atoms with Crippen molar-refractivity contribution in [2.24, 2.45) is 0 Å². The highest BCUT2D eigenvalue weighted by Gasteiger charge is 2.51. The molecular weight excluding hydrogens is 204 g/mol. The number of ether oxygens (including phenoxy) is 3. The van der Waals surface area contributed by atoms with E-state index in [0.717, 1.165) is 0 Å². The number of aliphatic hydroxyl groups is 3. The number of hydrogen-bond acceptors (Lipinski definition) is 6. The average Bonchev–Trinajstić information content (AvgIpc) is 2.19. The van der Waals surface area contributed by atoms with Crippen molar-refractivity contribution in [3.63, 3.8) is 0 Å². The normalized spacial score (nSPS) is 46.8. The summed E-state index contributed by atoms with van der Waals surface area (Å²) >= 11 is 0. The molecule has 1 aliphatic heterocycles. The molecule has 1 fully saturated rings. The predicted molar refractivity (Wildman–Crippen MR) is 50.2 cm³/mol. The van der Waals surface area contributed by atoms with Crippen LogP contribution in [0.3, 0.4) is 0 Å². The van der Waals surface area contributed by atoms with Crippen molar-refractivity contribution in [2.45, 2.75) is 37.1 Å². The fourth-order valence-electron chi connectivity index (χ4n) is 1.90. The molecular formula is C9H18O6. The third kappa shape index (κ3) is 2.30. The van der Waals surface area contributed by atoms with E-state index in [0.29, 0.717) is 0 Å². The van der Waals surface area contributed by atoms with Crippen molar-refractivity contribution in [1.82, 2.24) is 0 Å². The van der Waals surface area contributed by atoms with Gasteiger partial charge < -0.3 is 29.5 Å². The summed E-state index contributed by atoms with van der Waals surface area (Å²) in [4.78, 5) is 0. The van der Waals surface area contributed by atoms with Gasteiger partial charge >= 0.3 is 0 Å². The molecule has 6 heteroatoms. The fraction of sp³-hybridized carbons (Fsp3) is 1.00. The van der Waals surface area contributed by atoms with E-state index in [1.54, 1.807) is 0 Å². The first-order chi connectivity index (χ1) is 6.97. The molecule has 6 nitrogen and oxygen atoms in total. The van der Waals surface area contributed by atoms with E-state index in [9.17, 15) is 10.2 Å². The molecule has 0 aromatic heterocycles. The van der Waals surface area contributed by atoms with Gasteiger partial charge in [-0.3, -0.25) is 0 Å². The molecule has 0 saturated carbocycles. The lowest BCUT2D eigenvalue weighted by molar-refractivity contribution is -0.348. The van der Waals surface area contributed by atoms with Gasteiger partial charge in [-0.1, -0.05) is 0 Å². The standard InChI is InChI=1S/C9H18O6/c1-9(12)8(14-3)7(13-2)6(11)5(4-10)15-9/h5-8,10-12H,4H2,1-3H3/t5-,6-,7+,8-,9-/m1/s1. The maximum absolute atomic E-state index is 9.91. The Labute approximate surface area is 88.4 Å². The summed E-state index contributed by atoms with van der Waals surface area (Å²) in [5.41, 5.74) is 0. The molecule has 1 aliphatic rings. The van der Waals surface area contributed by atoms with Gasteiger partial charge in [0.25, 0.3) is 0 Å². The molecule has 0 aromatic rings. The number of hydrogen-bond donors (Lipinski definition) is 3. The molecule has 0 aromatic carbocycles. The van der Waals surface area contributed by atoms with E-state index in [1.807, 2.05) is 0 Å². The number of aliphatic hydroxyl groups excluding tert-OH is 2. The second-order valence-electron chi connectivity index (χ2n) is 3.74. The van der Waals surface area contributed by atoms with Gasteiger partial charge in [0.05, 0.1) is 6.61 Å². The third-order valence-electron chi connectivity index (χ3n) is 2.64. The molecule has 0 aliphatic carbocycles. The fourth-order valence-corrected chi connectivity index (χ4v) is 1.90. The summed E-state index contributed by atoms with van der Waals surface area (Å²) in [6, 6.07) is 0. The smallest absolute Gasteiger partial charge is 0.192 e. The lowest BCUT2D eigenvalue weighted by atomic mass is 9.93. The molecule has 1 heterocycles. The zero-order valence-corrected chi connectivity index (χ0v) is 9.08. The molecule has 0 unspecified atom stereocenters. The summed E-state index contributed by atoms with van der Waals surface area (Å²) in [6.45, 7) is 1.01. The van der Waals surface area contributed by atoms with Crippen molar-refractivity contribution in [2.75, 3.05) is 20.8 Å². The van der Waals surface area contributed by atoms with Crippen LogP contribution in [0.25, 0.3) is 0 Å². The van der Waals surface area contributed by atoms with Gasteiger partial charge in [-0.2, -0.15) is 0 Å². The second-order valence-corrected chi connectivity index (χ2v) is 3.74. The molecule has 90 valence electrons. The SMILES string of the molecule is CO[C@H]1[C@H](O)[C@@H](CO)O[C@@](C)(O)[C@@H]1OC. The molecule has 5 atom stereocenters. The average molecular weight is 222 g/mol. The molecule has 15 heavy (non-hydrogen) atoms. The summed E-state index contributed by atoms with van der Waals surface area (Å²) in [5.74, 6) is -1.60. The highest BCUT2D eigenvalue weighted by Crippen LogP contribution is 2.30. The third-order valence-corrected chi connectivity index (χ3v) is 2.64. The maximum Gasteiger partial charge on any atom is 0.192 e. The molecule has 0 bridgehead atoms. The van der Waals surface area contributed by atoms with Crippen molar-refractivity contribution in [3.8, 4) is 0 Å². The lowest BCUT2D eigenvalue weighted by Gasteiger charge is -2.46. The van der Waals surface area contributed by atoms with Gasteiger partial charge in [-0.15, -0.1) is 0 Å². The van der Waals surface area contributed by atoms with Gasteiger partial charge in [0.1, 0.15) is 24.4 Å². The summed E-state index contributed by atoms with van der Waals surface area (Å²) in [5, 5.41) is 28.6. The number of methoxy groups -OCH3 is 2. The van der Waals surface area contributed by atoms with Gasteiger partial charge in [-0.25, -0.2) is 0 Å². The van der Waals surface area contributed by atoms with Crippen LogP contribution in [0.2, 0.25) is 0 Å². The van der Waals surface area contributed by atoms with E-state index in [-0.39, 0.29) is 0 Å². The van der Waals surface area contributed by atoms with Crippen LogP contribution in [-0.4, -0.2) is 66.3 Å². The van der Waals surface area contributed by atoms with E-state index in [2.05, 4.69) is 0 Å². The zero-order valence-electron chi connectivity index (χ0n) is 9.08. The van der Waals surface area contributed by atoms with Gasteiger partial charge in [0.2, 0.25) is 0 Å². The second kappa shape index (κ2) is 4.73. The van der Waals surface area contributed by atoms with E-state index >= 15 is 0 Å². The maximum atomic E-state index is 9.91. The van der Waals surface area contributed by atoms with Gasteiger partial charge in [0, 0.05) is 14.2 Å². The minimum absolute atomic E-state index is 0.395. The topological polar surface area (TPSA) is 88.4 Å². The molecule has 3 N–H and O–H groups in total. The minimum Gasteiger partial charge on any atom is -0.394 e. The molecule has 1 rings (SSSR count). The van der Waals surface area contributed by atoms with Crippen LogP contribution >= 0.6 is 0 Å². The first kappa shape index (κ1) is 12.8. The van der Waals surface area contributed by atoms with E-state index in [1.165, 1.54) is 21.1 Å². The summed E-state index contributed by atoms with van der Waals surface area (Å²) in [6.07, 6.45) is -3.46. The van der Waals surface area contributed by atoms with Crippen LogP contribution < -0.4 is 0 Å². The molecule has 1 saturated heterocycles. The van der Waals surface area contributed by atoms with E-state index in [4.69, 9.17) is 19.3 Å². The first-order valence-corrected chi connectivity index (χ1v) is 4.72.